The van der Waals surface area contributed by atoms with Gasteiger partial charge in [0.15, 0.2) is 0 Å². The van der Waals surface area contributed by atoms with Crippen LogP contribution in [0.1, 0.15) is 31.8 Å². The number of rotatable bonds is 5. The molecule has 0 aliphatic carbocycles. The number of nitrogens with two attached hydrogens (primary N) is 1. The van der Waals surface area contributed by atoms with Gasteiger partial charge in [-0.1, -0.05) is 30.3 Å². The predicted octanol–water partition coefficient (Wildman–Crippen LogP) is 3.02. The molecule has 0 bridgehead atoms. The van der Waals surface area contributed by atoms with Gasteiger partial charge in [-0.25, -0.2) is 0 Å². The fraction of sp³-hybridized carbons (Fsp3) is 0.0500. The molecule has 1 aromatic heterocycles. The average molecular weight is 331 g/mol. The molecule has 124 valence electrons. The van der Waals surface area contributed by atoms with Crippen LogP contribution >= 0.6 is 0 Å². The molecule has 3 rings (SSSR count). The molecule has 5 heteroatoms. The van der Waals surface area contributed by atoms with E-state index in [1.54, 1.807) is 48.8 Å². The van der Waals surface area contributed by atoms with Crippen LogP contribution in [0.3, 0.4) is 0 Å². The van der Waals surface area contributed by atoms with Crippen molar-refractivity contribution in [1.29, 1.82) is 0 Å². The van der Waals surface area contributed by atoms with Crippen LogP contribution in [0.25, 0.3) is 0 Å². The number of hydrogen-bond acceptors (Lipinski definition) is 3. The fourth-order valence-corrected chi connectivity index (χ4v) is 2.55. The summed E-state index contributed by atoms with van der Waals surface area (Å²) in [6.07, 6.45) is 3.81. The lowest BCUT2D eigenvalue weighted by Gasteiger charge is -2.08. The third-order valence-corrected chi connectivity index (χ3v) is 3.81. The second kappa shape index (κ2) is 7.40. The van der Waals surface area contributed by atoms with E-state index in [0.717, 1.165) is 11.1 Å². The van der Waals surface area contributed by atoms with Gasteiger partial charge in [0.2, 0.25) is 5.91 Å². The first-order chi connectivity index (χ1) is 12.1. The van der Waals surface area contributed by atoms with Crippen LogP contribution in [-0.2, 0) is 6.42 Å². The number of nitrogens with one attached hydrogen (secondary N) is 1. The molecule has 0 saturated heterocycles. The fourth-order valence-electron chi connectivity index (χ4n) is 2.55. The Kier molecular flexibility index (Phi) is 4.85. The molecule has 0 atom stereocenters. The van der Waals surface area contributed by atoms with E-state index < -0.39 is 5.91 Å². The molecule has 0 saturated carbocycles. The van der Waals surface area contributed by atoms with E-state index in [-0.39, 0.29) is 5.91 Å². The Bertz CT molecular complexity index is 890. The van der Waals surface area contributed by atoms with E-state index in [1.807, 2.05) is 24.3 Å². The molecule has 0 unspecified atom stereocenters. The number of carbonyl (C=O) groups excluding carboxylic acids is 2. The highest BCUT2D eigenvalue weighted by atomic mass is 16.2. The highest BCUT2D eigenvalue weighted by Crippen LogP contribution is 2.15. The number of benzene rings is 2. The molecule has 0 aliphatic heterocycles. The van der Waals surface area contributed by atoms with Gasteiger partial charge in [0.1, 0.15) is 0 Å². The molecule has 0 fully saturated rings. The first-order valence-electron chi connectivity index (χ1n) is 7.81. The van der Waals surface area contributed by atoms with Crippen LogP contribution in [0.15, 0.2) is 73.1 Å². The minimum atomic E-state index is -0.442. The molecule has 1 heterocycles. The van der Waals surface area contributed by atoms with Crippen LogP contribution in [-0.4, -0.2) is 16.8 Å². The molecule has 0 spiro atoms. The lowest BCUT2D eigenvalue weighted by atomic mass is 9.98. The van der Waals surface area contributed by atoms with E-state index in [0.29, 0.717) is 23.2 Å². The number of pyridine rings is 1. The van der Waals surface area contributed by atoms with Crippen molar-refractivity contribution in [2.45, 2.75) is 6.42 Å². The number of hydrogen-bond donors (Lipinski definition) is 2. The maximum atomic E-state index is 12.2. The molecule has 2 amide bonds. The summed E-state index contributed by atoms with van der Waals surface area (Å²) in [5.41, 5.74) is 8.98. The summed E-state index contributed by atoms with van der Waals surface area (Å²) in [5, 5.41) is 2.79. The summed E-state index contributed by atoms with van der Waals surface area (Å²) in [7, 11) is 0. The summed E-state index contributed by atoms with van der Waals surface area (Å²) in [6, 6.07) is 18.0. The number of nitrogens with zero attached hydrogens (tertiary/aromatic N) is 1. The van der Waals surface area contributed by atoms with Crippen LogP contribution in [0.5, 0.6) is 0 Å². The smallest absolute Gasteiger partial charge is 0.255 e. The highest BCUT2D eigenvalue weighted by Gasteiger charge is 2.09. The first-order valence-corrected chi connectivity index (χ1v) is 7.81. The quantitative estimate of drug-likeness (QED) is 0.753. The summed E-state index contributed by atoms with van der Waals surface area (Å²) in [4.78, 5) is 27.7. The summed E-state index contributed by atoms with van der Waals surface area (Å²) in [5.74, 6) is -0.639. The van der Waals surface area contributed by atoms with Gasteiger partial charge in [-0.05, 0) is 47.9 Å². The number of carbonyl (C=O) groups is 2. The predicted molar refractivity (Wildman–Crippen MR) is 96.4 cm³/mol. The number of anilines is 1. The van der Waals surface area contributed by atoms with Gasteiger partial charge in [0, 0.05) is 17.3 Å². The Balaban J connectivity index is 1.72. The third-order valence-electron chi connectivity index (χ3n) is 3.81. The Morgan fingerprint density at radius 3 is 2.40 bits per heavy atom. The summed E-state index contributed by atoms with van der Waals surface area (Å²) >= 11 is 0. The van der Waals surface area contributed by atoms with Crippen LogP contribution < -0.4 is 11.1 Å². The van der Waals surface area contributed by atoms with Crippen LogP contribution in [0.4, 0.5) is 5.69 Å². The van der Waals surface area contributed by atoms with E-state index in [4.69, 9.17) is 5.73 Å². The zero-order valence-corrected chi connectivity index (χ0v) is 13.5. The highest BCUT2D eigenvalue weighted by molar-refractivity contribution is 6.04. The van der Waals surface area contributed by atoms with Crippen molar-refractivity contribution in [2.24, 2.45) is 5.73 Å². The molecular weight excluding hydrogens is 314 g/mol. The Hall–Kier alpha value is -3.47. The van der Waals surface area contributed by atoms with Crippen molar-refractivity contribution >= 4 is 17.5 Å². The van der Waals surface area contributed by atoms with Gasteiger partial charge >= 0.3 is 0 Å². The van der Waals surface area contributed by atoms with Crippen LogP contribution in [0.2, 0.25) is 0 Å². The lowest BCUT2D eigenvalue weighted by Crippen LogP contribution is -2.14. The largest absolute Gasteiger partial charge is 0.366 e. The van der Waals surface area contributed by atoms with Crippen molar-refractivity contribution < 1.29 is 9.59 Å². The maximum Gasteiger partial charge on any atom is 0.255 e. The zero-order valence-electron chi connectivity index (χ0n) is 13.5. The number of amides is 2. The SMILES string of the molecule is NC(=O)c1ccccc1Cc1ccc(C(=O)Nc2cccnc2)cc1. The minimum Gasteiger partial charge on any atom is -0.366 e. The average Bonchev–Trinajstić information content (AvgIpc) is 2.63. The second-order valence-electron chi connectivity index (χ2n) is 5.59. The second-order valence-corrected chi connectivity index (χ2v) is 5.59. The van der Waals surface area contributed by atoms with Gasteiger partial charge in [0.25, 0.3) is 5.91 Å². The number of primary amides is 1. The summed E-state index contributed by atoms with van der Waals surface area (Å²) in [6.45, 7) is 0. The number of aromatic nitrogens is 1. The third kappa shape index (κ3) is 4.09. The lowest BCUT2D eigenvalue weighted by molar-refractivity contribution is 0.0997. The monoisotopic (exact) mass is 331 g/mol. The Labute approximate surface area is 145 Å². The van der Waals surface area contributed by atoms with Crippen molar-refractivity contribution in [3.05, 3.63) is 95.3 Å². The molecule has 3 aromatic rings. The van der Waals surface area contributed by atoms with E-state index in [1.165, 1.54) is 0 Å². The van der Waals surface area contributed by atoms with Gasteiger partial charge < -0.3 is 11.1 Å². The van der Waals surface area contributed by atoms with Gasteiger partial charge in [-0.3, -0.25) is 14.6 Å². The minimum absolute atomic E-state index is 0.197. The zero-order chi connectivity index (χ0) is 17.6. The molecule has 0 radical (unpaired) electrons. The standard InChI is InChI=1S/C20H17N3O2/c21-19(24)18-6-2-1-4-16(18)12-14-7-9-15(10-8-14)20(25)23-17-5-3-11-22-13-17/h1-11,13H,12H2,(H2,21,24)(H,23,25). The van der Waals surface area contributed by atoms with Crippen molar-refractivity contribution in [3.63, 3.8) is 0 Å². The van der Waals surface area contributed by atoms with E-state index in [2.05, 4.69) is 10.3 Å². The molecule has 0 aliphatic rings. The van der Waals surface area contributed by atoms with E-state index in [9.17, 15) is 9.59 Å². The molecule has 3 N–H and O–H groups in total. The van der Waals surface area contributed by atoms with Crippen molar-refractivity contribution in [1.82, 2.24) is 4.98 Å². The van der Waals surface area contributed by atoms with Gasteiger partial charge in [-0.2, -0.15) is 0 Å². The van der Waals surface area contributed by atoms with Gasteiger partial charge in [0.05, 0.1) is 11.9 Å². The molecule has 2 aromatic carbocycles. The molecule has 5 nitrogen and oxygen atoms in total. The maximum absolute atomic E-state index is 12.2. The van der Waals surface area contributed by atoms with Crippen LogP contribution in [0, 0.1) is 0 Å². The van der Waals surface area contributed by atoms with Crippen molar-refractivity contribution in [3.8, 4) is 0 Å². The molecule has 25 heavy (non-hydrogen) atoms. The Morgan fingerprint density at radius 2 is 1.72 bits per heavy atom. The Morgan fingerprint density at radius 1 is 0.960 bits per heavy atom. The van der Waals surface area contributed by atoms with Crippen molar-refractivity contribution in [2.75, 3.05) is 5.32 Å². The normalized spacial score (nSPS) is 10.2. The topological polar surface area (TPSA) is 85.1 Å². The summed E-state index contributed by atoms with van der Waals surface area (Å²) < 4.78 is 0. The van der Waals surface area contributed by atoms with Gasteiger partial charge in [-0.15, -0.1) is 0 Å². The first kappa shape index (κ1) is 16.4. The molecular formula is C20H17N3O2. The van der Waals surface area contributed by atoms with E-state index >= 15 is 0 Å².